The molecule has 6 nitrogen and oxygen atoms in total. The quantitative estimate of drug-likeness (QED) is 0.555. The molecule has 0 bridgehead atoms. The Kier molecular flexibility index (Phi) is 6.94. The van der Waals surface area contributed by atoms with E-state index in [4.69, 9.17) is 0 Å². The van der Waals surface area contributed by atoms with Crippen LogP contribution in [0.2, 0.25) is 0 Å². The number of halogens is 3. The predicted molar refractivity (Wildman–Crippen MR) is 109 cm³/mol. The molecular weight excluding hydrogens is 407 g/mol. The van der Waals surface area contributed by atoms with E-state index >= 15 is 0 Å². The summed E-state index contributed by atoms with van der Waals surface area (Å²) in [6, 6.07) is 9.13. The number of hydrogen-bond acceptors (Lipinski definition) is 5. The van der Waals surface area contributed by atoms with Crippen molar-refractivity contribution in [3.63, 3.8) is 0 Å². The number of aryl methyl sites for hydroxylation is 1. The van der Waals surface area contributed by atoms with E-state index in [1.807, 2.05) is 44.2 Å². The Morgan fingerprint density at radius 3 is 2.29 bits per heavy atom. The van der Waals surface area contributed by atoms with Gasteiger partial charge >= 0.3 is 6.18 Å². The zero-order valence-electron chi connectivity index (χ0n) is 17.2. The molecule has 0 saturated heterocycles. The monoisotopic (exact) mass is 429 g/mol. The van der Waals surface area contributed by atoms with Gasteiger partial charge in [0.15, 0.2) is 5.69 Å². The normalized spacial score (nSPS) is 12.4. The topological polar surface area (TPSA) is 71.9 Å². The summed E-state index contributed by atoms with van der Waals surface area (Å²) in [5, 5.41) is 0. The van der Waals surface area contributed by atoms with Gasteiger partial charge in [0.25, 0.3) is 5.91 Å². The van der Waals surface area contributed by atoms with Crippen LogP contribution in [0.5, 0.6) is 0 Å². The van der Waals surface area contributed by atoms with Gasteiger partial charge in [-0.3, -0.25) is 9.78 Å². The standard InChI is InChI=1S/C22H22F3N5O/c1-3-30(15(2)9-10-18-28-13-17(14-29-18)22(23,24)25)21(31)20-19(26-11-12-27-20)16-7-5-4-6-8-16/h4-8,11-15H,3,9-10H2,1-2H3/t15-/m0/s1. The molecule has 1 aromatic carbocycles. The van der Waals surface area contributed by atoms with Crippen LogP contribution in [-0.2, 0) is 12.6 Å². The van der Waals surface area contributed by atoms with Crippen LogP contribution in [0.3, 0.4) is 0 Å². The highest BCUT2D eigenvalue weighted by atomic mass is 19.4. The Morgan fingerprint density at radius 1 is 1.03 bits per heavy atom. The summed E-state index contributed by atoms with van der Waals surface area (Å²) in [5.41, 5.74) is 0.671. The lowest BCUT2D eigenvalue weighted by molar-refractivity contribution is -0.138. The number of carbonyl (C=O) groups is 1. The summed E-state index contributed by atoms with van der Waals surface area (Å²) in [6.45, 7) is 4.18. The van der Waals surface area contributed by atoms with Crippen molar-refractivity contribution in [2.45, 2.75) is 38.9 Å². The van der Waals surface area contributed by atoms with E-state index in [1.165, 1.54) is 6.20 Å². The summed E-state index contributed by atoms with van der Waals surface area (Å²) in [7, 11) is 0. The largest absolute Gasteiger partial charge is 0.419 e. The Hall–Kier alpha value is -3.36. The van der Waals surface area contributed by atoms with Gasteiger partial charge in [0.05, 0.1) is 5.56 Å². The van der Waals surface area contributed by atoms with E-state index in [9.17, 15) is 18.0 Å². The smallest absolute Gasteiger partial charge is 0.335 e. The number of rotatable bonds is 7. The molecule has 0 unspecified atom stereocenters. The second kappa shape index (κ2) is 9.63. The van der Waals surface area contributed by atoms with Crippen molar-refractivity contribution in [3.05, 3.63) is 72.2 Å². The molecule has 3 rings (SSSR count). The molecule has 9 heteroatoms. The third kappa shape index (κ3) is 5.42. The maximum atomic E-state index is 13.2. The first kappa shape index (κ1) is 22.3. The van der Waals surface area contributed by atoms with Crippen molar-refractivity contribution in [1.82, 2.24) is 24.8 Å². The van der Waals surface area contributed by atoms with Gasteiger partial charge < -0.3 is 4.90 Å². The Labute approximate surface area is 178 Å². The molecule has 31 heavy (non-hydrogen) atoms. The molecule has 0 aliphatic heterocycles. The first-order chi connectivity index (χ1) is 14.8. The van der Waals surface area contributed by atoms with Crippen LogP contribution >= 0.6 is 0 Å². The number of nitrogens with zero attached hydrogens (tertiary/aromatic N) is 5. The maximum absolute atomic E-state index is 13.2. The minimum Gasteiger partial charge on any atom is -0.335 e. The number of carbonyl (C=O) groups excluding carboxylic acids is 1. The molecule has 162 valence electrons. The van der Waals surface area contributed by atoms with Crippen molar-refractivity contribution in [2.75, 3.05) is 6.54 Å². The average Bonchev–Trinajstić information content (AvgIpc) is 2.78. The second-order valence-corrected chi connectivity index (χ2v) is 6.98. The summed E-state index contributed by atoms with van der Waals surface area (Å²) in [4.78, 5) is 31.1. The highest BCUT2D eigenvalue weighted by Crippen LogP contribution is 2.28. The van der Waals surface area contributed by atoms with E-state index in [-0.39, 0.29) is 17.6 Å². The van der Waals surface area contributed by atoms with Crippen molar-refractivity contribution in [2.24, 2.45) is 0 Å². The van der Waals surface area contributed by atoms with Crippen LogP contribution in [0.15, 0.2) is 55.1 Å². The van der Waals surface area contributed by atoms with Crippen molar-refractivity contribution < 1.29 is 18.0 Å². The zero-order valence-corrected chi connectivity index (χ0v) is 17.2. The molecular formula is C22H22F3N5O. The van der Waals surface area contributed by atoms with Gasteiger partial charge in [-0.05, 0) is 20.3 Å². The van der Waals surface area contributed by atoms with Crippen LogP contribution in [0.25, 0.3) is 11.3 Å². The fourth-order valence-electron chi connectivity index (χ4n) is 3.22. The van der Waals surface area contributed by atoms with Gasteiger partial charge in [-0.25, -0.2) is 15.0 Å². The fourth-order valence-corrected chi connectivity index (χ4v) is 3.22. The van der Waals surface area contributed by atoms with E-state index in [1.54, 1.807) is 11.1 Å². The van der Waals surface area contributed by atoms with Gasteiger partial charge in [0.2, 0.25) is 0 Å². The van der Waals surface area contributed by atoms with E-state index in [0.29, 0.717) is 30.9 Å². The molecule has 1 amide bonds. The van der Waals surface area contributed by atoms with Crippen molar-refractivity contribution in [1.29, 1.82) is 0 Å². The van der Waals surface area contributed by atoms with Crippen molar-refractivity contribution >= 4 is 5.91 Å². The number of alkyl halides is 3. The zero-order chi connectivity index (χ0) is 22.4. The summed E-state index contributed by atoms with van der Waals surface area (Å²) in [6.07, 6.45) is 0.948. The maximum Gasteiger partial charge on any atom is 0.419 e. The minimum atomic E-state index is -4.47. The molecule has 1 atom stereocenters. The highest BCUT2D eigenvalue weighted by molar-refractivity contribution is 5.98. The predicted octanol–water partition coefficient (Wildman–Crippen LogP) is 4.44. The number of amides is 1. The molecule has 2 aromatic heterocycles. The van der Waals surface area contributed by atoms with Crippen LogP contribution in [0.1, 0.15) is 42.1 Å². The van der Waals surface area contributed by atoms with Crippen molar-refractivity contribution in [3.8, 4) is 11.3 Å². The van der Waals surface area contributed by atoms with Gasteiger partial charge in [0.1, 0.15) is 11.5 Å². The van der Waals surface area contributed by atoms with Crippen LogP contribution in [-0.4, -0.2) is 43.3 Å². The summed E-state index contributed by atoms with van der Waals surface area (Å²) < 4.78 is 38.0. The highest BCUT2D eigenvalue weighted by Gasteiger charge is 2.31. The molecule has 2 heterocycles. The lowest BCUT2D eigenvalue weighted by Crippen LogP contribution is -2.39. The average molecular weight is 429 g/mol. The lowest BCUT2D eigenvalue weighted by atomic mass is 10.1. The summed E-state index contributed by atoms with van der Waals surface area (Å²) in [5.74, 6) is 0.0446. The summed E-state index contributed by atoms with van der Waals surface area (Å²) >= 11 is 0. The van der Waals surface area contributed by atoms with Crippen LogP contribution < -0.4 is 0 Å². The minimum absolute atomic E-state index is 0.200. The molecule has 0 N–H and O–H groups in total. The fraction of sp³-hybridized carbons (Fsp3) is 0.318. The second-order valence-electron chi connectivity index (χ2n) is 6.98. The third-order valence-corrected chi connectivity index (χ3v) is 4.90. The molecule has 0 radical (unpaired) electrons. The van der Waals surface area contributed by atoms with Crippen LogP contribution in [0.4, 0.5) is 13.2 Å². The van der Waals surface area contributed by atoms with E-state index in [0.717, 1.165) is 18.0 Å². The first-order valence-electron chi connectivity index (χ1n) is 9.86. The lowest BCUT2D eigenvalue weighted by Gasteiger charge is -2.28. The Balaban J connectivity index is 1.73. The van der Waals surface area contributed by atoms with Gasteiger partial charge in [-0.15, -0.1) is 0 Å². The number of benzene rings is 1. The number of hydrogen-bond donors (Lipinski definition) is 0. The molecule has 0 fully saturated rings. The Bertz CT molecular complexity index is 1010. The molecule has 0 saturated carbocycles. The molecule has 0 spiro atoms. The molecule has 3 aromatic rings. The third-order valence-electron chi connectivity index (χ3n) is 4.90. The molecule has 0 aliphatic rings. The van der Waals surface area contributed by atoms with Crippen LogP contribution in [0, 0.1) is 0 Å². The van der Waals surface area contributed by atoms with E-state index in [2.05, 4.69) is 19.9 Å². The van der Waals surface area contributed by atoms with Gasteiger partial charge in [0, 0.05) is 49.4 Å². The van der Waals surface area contributed by atoms with Gasteiger partial charge in [-0.1, -0.05) is 30.3 Å². The van der Waals surface area contributed by atoms with E-state index < -0.39 is 11.7 Å². The first-order valence-corrected chi connectivity index (χ1v) is 9.86. The molecule has 0 aliphatic carbocycles. The van der Waals surface area contributed by atoms with Gasteiger partial charge in [-0.2, -0.15) is 13.2 Å². The number of aromatic nitrogens is 4. The Morgan fingerprint density at radius 2 is 1.68 bits per heavy atom. The SMILES string of the molecule is CCN(C(=O)c1nccnc1-c1ccccc1)[C@@H](C)CCc1ncc(C(F)(F)F)cn1.